The van der Waals surface area contributed by atoms with Crippen LogP contribution in [0.15, 0.2) is 24.3 Å². The first-order chi connectivity index (χ1) is 6.15. The van der Waals surface area contributed by atoms with Gasteiger partial charge in [-0.05, 0) is 12.5 Å². The molecule has 3 heteroatoms. The van der Waals surface area contributed by atoms with Gasteiger partial charge in [-0.1, -0.05) is 29.8 Å². The summed E-state index contributed by atoms with van der Waals surface area (Å²) in [7, 11) is 1.33. The number of ether oxygens (including phenoxy) is 1. The first-order valence-corrected chi connectivity index (χ1v) is 4.37. The predicted octanol–water partition coefficient (Wildman–Crippen LogP) is 2.45. The molecule has 0 heterocycles. The maximum atomic E-state index is 11.0. The molecule has 1 aromatic carbocycles. The SMILES string of the molecule is COC(=O)[C@@H](Cl)c1ccc(C)cc1. The minimum Gasteiger partial charge on any atom is -0.468 e. The van der Waals surface area contributed by atoms with E-state index in [-0.39, 0.29) is 0 Å². The fourth-order valence-corrected chi connectivity index (χ4v) is 1.21. The van der Waals surface area contributed by atoms with Gasteiger partial charge in [0, 0.05) is 0 Å². The normalized spacial score (nSPS) is 12.2. The smallest absolute Gasteiger partial charge is 0.328 e. The molecule has 0 N–H and O–H groups in total. The molecule has 0 aliphatic rings. The van der Waals surface area contributed by atoms with E-state index in [1.54, 1.807) is 0 Å². The van der Waals surface area contributed by atoms with Gasteiger partial charge in [-0.15, -0.1) is 11.6 Å². The number of halogens is 1. The van der Waals surface area contributed by atoms with Crippen molar-refractivity contribution in [1.29, 1.82) is 0 Å². The lowest BCUT2D eigenvalue weighted by molar-refractivity contribution is -0.140. The molecular weight excluding hydrogens is 188 g/mol. The summed E-state index contributed by atoms with van der Waals surface area (Å²) in [6, 6.07) is 7.47. The topological polar surface area (TPSA) is 26.3 Å². The third kappa shape index (κ3) is 2.46. The molecule has 0 aliphatic carbocycles. The average molecular weight is 199 g/mol. The molecule has 0 radical (unpaired) electrons. The van der Waals surface area contributed by atoms with Gasteiger partial charge in [0.15, 0.2) is 5.38 Å². The van der Waals surface area contributed by atoms with Crippen LogP contribution in [-0.4, -0.2) is 13.1 Å². The fraction of sp³-hybridized carbons (Fsp3) is 0.300. The molecule has 0 aliphatic heterocycles. The minimum absolute atomic E-state index is 0.425. The molecular formula is C10H11ClO2. The fourth-order valence-electron chi connectivity index (χ4n) is 0.975. The minimum atomic E-state index is -0.703. The van der Waals surface area contributed by atoms with Crippen molar-refractivity contribution < 1.29 is 9.53 Å². The molecule has 1 rings (SSSR count). The lowest BCUT2D eigenvalue weighted by Gasteiger charge is -2.06. The van der Waals surface area contributed by atoms with Crippen LogP contribution in [0.5, 0.6) is 0 Å². The van der Waals surface area contributed by atoms with Crippen LogP contribution in [0.4, 0.5) is 0 Å². The van der Waals surface area contributed by atoms with Crippen molar-refractivity contribution in [2.24, 2.45) is 0 Å². The third-order valence-electron chi connectivity index (χ3n) is 1.78. The highest BCUT2D eigenvalue weighted by atomic mass is 35.5. The van der Waals surface area contributed by atoms with Gasteiger partial charge in [-0.25, -0.2) is 0 Å². The summed E-state index contributed by atoms with van der Waals surface area (Å²) in [5, 5.41) is -0.703. The maximum absolute atomic E-state index is 11.0. The van der Waals surface area contributed by atoms with E-state index in [4.69, 9.17) is 11.6 Å². The molecule has 1 atom stereocenters. The Morgan fingerprint density at radius 2 is 1.92 bits per heavy atom. The van der Waals surface area contributed by atoms with Crippen LogP contribution < -0.4 is 0 Å². The van der Waals surface area contributed by atoms with E-state index in [0.29, 0.717) is 0 Å². The number of hydrogen-bond donors (Lipinski definition) is 0. The number of hydrogen-bond acceptors (Lipinski definition) is 2. The Bertz CT molecular complexity index is 292. The van der Waals surface area contributed by atoms with Gasteiger partial charge in [-0.3, -0.25) is 4.79 Å². The van der Waals surface area contributed by atoms with Crippen molar-refractivity contribution in [3.05, 3.63) is 35.4 Å². The predicted molar refractivity (Wildman–Crippen MR) is 51.8 cm³/mol. The first-order valence-electron chi connectivity index (χ1n) is 3.93. The lowest BCUT2D eigenvalue weighted by Crippen LogP contribution is -2.08. The zero-order valence-corrected chi connectivity index (χ0v) is 8.34. The van der Waals surface area contributed by atoms with Crippen LogP contribution >= 0.6 is 11.6 Å². The Kier molecular flexibility index (Phi) is 3.32. The van der Waals surface area contributed by atoms with Gasteiger partial charge in [0.1, 0.15) is 0 Å². The van der Waals surface area contributed by atoms with Gasteiger partial charge < -0.3 is 4.74 Å². The highest BCUT2D eigenvalue weighted by molar-refractivity contribution is 6.29. The van der Waals surface area contributed by atoms with E-state index in [9.17, 15) is 4.79 Å². The number of rotatable bonds is 2. The van der Waals surface area contributed by atoms with Crippen molar-refractivity contribution in [3.63, 3.8) is 0 Å². The van der Waals surface area contributed by atoms with Crippen LogP contribution in [0.2, 0.25) is 0 Å². The molecule has 0 amide bonds. The van der Waals surface area contributed by atoms with E-state index in [1.165, 1.54) is 7.11 Å². The number of methoxy groups -OCH3 is 1. The molecule has 0 fully saturated rings. The zero-order chi connectivity index (χ0) is 9.84. The lowest BCUT2D eigenvalue weighted by atomic mass is 10.1. The van der Waals surface area contributed by atoms with Gasteiger partial charge in [-0.2, -0.15) is 0 Å². The molecule has 2 nitrogen and oxygen atoms in total. The number of carbonyl (C=O) groups is 1. The van der Waals surface area contributed by atoms with Crippen molar-refractivity contribution in [2.75, 3.05) is 7.11 Å². The standard InChI is InChI=1S/C10H11ClO2/c1-7-3-5-8(6-4-7)9(11)10(12)13-2/h3-6,9H,1-2H3/t9-/m0/s1. The number of benzene rings is 1. The van der Waals surface area contributed by atoms with E-state index in [0.717, 1.165) is 11.1 Å². The van der Waals surface area contributed by atoms with Gasteiger partial charge in [0.2, 0.25) is 0 Å². The summed E-state index contributed by atoms with van der Waals surface area (Å²) in [5.74, 6) is -0.425. The summed E-state index contributed by atoms with van der Waals surface area (Å²) < 4.78 is 4.53. The van der Waals surface area contributed by atoms with Crippen molar-refractivity contribution >= 4 is 17.6 Å². The molecule has 0 bridgehead atoms. The van der Waals surface area contributed by atoms with Crippen LogP contribution in [-0.2, 0) is 9.53 Å². The van der Waals surface area contributed by atoms with Gasteiger partial charge in [0.05, 0.1) is 7.11 Å². The van der Waals surface area contributed by atoms with Crippen LogP contribution in [0.1, 0.15) is 16.5 Å². The summed E-state index contributed by atoms with van der Waals surface area (Å²) in [6.07, 6.45) is 0. The van der Waals surface area contributed by atoms with Gasteiger partial charge in [0.25, 0.3) is 0 Å². The quantitative estimate of drug-likeness (QED) is 0.539. The van der Waals surface area contributed by atoms with E-state index in [1.807, 2.05) is 31.2 Å². The van der Waals surface area contributed by atoms with Crippen molar-refractivity contribution in [2.45, 2.75) is 12.3 Å². The number of alkyl halides is 1. The Morgan fingerprint density at radius 1 is 1.38 bits per heavy atom. The average Bonchev–Trinajstić information content (AvgIpc) is 2.17. The molecule has 0 saturated heterocycles. The molecule has 70 valence electrons. The summed E-state index contributed by atoms with van der Waals surface area (Å²) in [4.78, 5) is 11.0. The molecule has 0 aromatic heterocycles. The second-order valence-corrected chi connectivity index (χ2v) is 3.23. The first kappa shape index (κ1) is 10.1. The van der Waals surface area contributed by atoms with Gasteiger partial charge >= 0.3 is 5.97 Å². The highest BCUT2D eigenvalue weighted by Gasteiger charge is 2.17. The van der Waals surface area contributed by atoms with Crippen molar-refractivity contribution in [1.82, 2.24) is 0 Å². The second kappa shape index (κ2) is 4.28. The molecule has 1 aromatic rings. The van der Waals surface area contributed by atoms with E-state index < -0.39 is 11.3 Å². The zero-order valence-electron chi connectivity index (χ0n) is 7.58. The highest BCUT2D eigenvalue weighted by Crippen LogP contribution is 2.21. The summed E-state index contributed by atoms with van der Waals surface area (Å²) in [6.45, 7) is 1.98. The molecule has 13 heavy (non-hydrogen) atoms. The molecule has 0 unspecified atom stereocenters. The molecule has 0 saturated carbocycles. The van der Waals surface area contributed by atoms with Crippen LogP contribution in [0, 0.1) is 6.92 Å². The monoisotopic (exact) mass is 198 g/mol. The Balaban J connectivity index is 2.83. The third-order valence-corrected chi connectivity index (χ3v) is 2.21. The van der Waals surface area contributed by atoms with Crippen LogP contribution in [0.25, 0.3) is 0 Å². The van der Waals surface area contributed by atoms with E-state index in [2.05, 4.69) is 4.74 Å². The van der Waals surface area contributed by atoms with Crippen molar-refractivity contribution in [3.8, 4) is 0 Å². The Morgan fingerprint density at radius 3 is 2.38 bits per heavy atom. The largest absolute Gasteiger partial charge is 0.468 e. The Labute approximate surface area is 82.5 Å². The van der Waals surface area contributed by atoms with E-state index >= 15 is 0 Å². The second-order valence-electron chi connectivity index (χ2n) is 2.80. The summed E-state index contributed by atoms with van der Waals surface area (Å²) >= 11 is 5.83. The van der Waals surface area contributed by atoms with Crippen LogP contribution in [0.3, 0.4) is 0 Å². The summed E-state index contributed by atoms with van der Waals surface area (Å²) in [5.41, 5.74) is 1.90. The number of aryl methyl sites for hydroxylation is 1. The number of esters is 1. The number of carbonyl (C=O) groups excluding carboxylic acids is 1. The Hall–Kier alpha value is -1.02. The maximum Gasteiger partial charge on any atom is 0.328 e. The molecule has 0 spiro atoms.